The summed E-state index contributed by atoms with van der Waals surface area (Å²) in [4.78, 5) is 89.1. The van der Waals surface area contributed by atoms with Crippen LogP contribution in [0, 0.1) is 0 Å². The van der Waals surface area contributed by atoms with Crippen LogP contribution in [-0.4, -0.2) is 109 Å². The molecule has 10 N–H and O–H groups in total. The number of phosphoric acid groups is 4. The minimum absolute atomic E-state index is 0.642. The highest BCUT2D eigenvalue weighted by Gasteiger charge is 2.49. The van der Waals surface area contributed by atoms with Crippen molar-refractivity contribution < 1.29 is 89.7 Å². The molecule has 0 aromatic carbocycles. The summed E-state index contributed by atoms with van der Waals surface area (Å²) in [7, 11) is -24.1. The summed E-state index contributed by atoms with van der Waals surface area (Å²) in [6, 6.07) is 1.73. The minimum atomic E-state index is -6.24. The van der Waals surface area contributed by atoms with Crippen molar-refractivity contribution in [2.75, 3.05) is 13.2 Å². The average Bonchev–Trinajstić information content (AvgIpc) is 3.38. The van der Waals surface area contributed by atoms with Crippen molar-refractivity contribution in [1.29, 1.82) is 0 Å². The van der Waals surface area contributed by atoms with Crippen molar-refractivity contribution in [2.24, 2.45) is 0 Å². The van der Waals surface area contributed by atoms with Crippen LogP contribution in [0.1, 0.15) is 12.5 Å². The van der Waals surface area contributed by atoms with Gasteiger partial charge in [-0.05, 0) is 0 Å². The Hall–Kier alpha value is -2.32. The highest BCUT2D eigenvalue weighted by molar-refractivity contribution is 7.69. The first kappa shape index (κ1) is 39.5. The molecule has 2 aromatic rings. The third kappa shape index (κ3) is 9.93. The van der Waals surface area contributed by atoms with Crippen molar-refractivity contribution in [1.82, 2.24) is 19.1 Å². The van der Waals surface area contributed by atoms with E-state index in [2.05, 4.69) is 22.0 Å². The number of nitrogens with zero attached hydrogens (tertiary/aromatic N) is 2. The van der Waals surface area contributed by atoms with Gasteiger partial charge in [0.1, 0.15) is 36.6 Å². The number of hydrogen-bond acceptors (Lipinski definition) is 19. The van der Waals surface area contributed by atoms with Crippen molar-refractivity contribution in [3.8, 4) is 0 Å². The molecule has 2 aliphatic heterocycles. The van der Waals surface area contributed by atoms with E-state index >= 15 is 0 Å². The second kappa shape index (κ2) is 14.7. The maximum atomic E-state index is 12.2. The van der Waals surface area contributed by atoms with Gasteiger partial charge in [-0.1, -0.05) is 0 Å². The molecular weight excluding hydrogens is 764 g/mol. The lowest BCUT2D eigenvalue weighted by molar-refractivity contribution is -0.0544. The van der Waals surface area contributed by atoms with Gasteiger partial charge < -0.3 is 49.5 Å². The SMILES string of the molecule is O=c1ccn(C2OC(COP(=O)(O)OP(=O)(O)OP(=O)(O)OP(=O)(O)OCC3O[C@H](n4ccc(=O)[nH]c4=O)[C@H](O)[C@@H]3O)C(O)[C@H]2O)c(=O)[nH]1. The Labute approximate surface area is 268 Å². The topological polar surface area (TPSA) is 404 Å². The maximum absolute atomic E-state index is 12.2. The highest BCUT2D eigenvalue weighted by atomic mass is 31.3. The van der Waals surface area contributed by atoms with E-state index in [1.807, 2.05) is 9.97 Å². The van der Waals surface area contributed by atoms with Gasteiger partial charge in [0.25, 0.3) is 11.1 Å². The van der Waals surface area contributed by atoms with Crippen LogP contribution in [-0.2, 0) is 49.7 Å². The number of aliphatic hydroxyl groups is 4. The molecule has 0 spiro atoms. The van der Waals surface area contributed by atoms with Gasteiger partial charge in [0.15, 0.2) is 12.5 Å². The fraction of sp³-hybridized carbons (Fsp3) is 0.556. The van der Waals surface area contributed by atoms with Crippen LogP contribution in [0.25, 0.3) is 0 Å². The Bertz CT molecular complexity index is 1820. The van der Waals surface area contributed by atoms with E-state index in [0.717, 1.165) is 24.5 Å². The number of nitrogens with one attached hydrogen (secondary N) is 2. The van der Waals surface area contributed by atoms with Gasteiger partial charge in [-0.15, -0.1) is 0 Å². The first-order valence-electron chi connectivity index (χ1n) is 12.9. The van der Waals surface area contributed by atoms with Crippen LogP contribution in [0.2, 0.25) is 0 Å². The Morgan fingerprint density at radius 1 is 0.592 bits per heavy atom. The normalized spacial score (nSPS) is 32.2. The molecule has 0 aliphatic carbocycles. The van der Waals surface area contributed by atoms with E-state index in [1.165, 1.54) is 0 Å². The van der Waals surface area contributed by atoms with Crippen molar-refractivity contribution in [2.45, 2.75) is 49.1 Å². The molecule has 0 saturated carbocycles. The van der Waals surface area contributed by atoms with E-state index in [0.29, 0.717) is 9.13 Å². The van der Waals surface area contributed by atoms with Gasteiger partial charge in [0, 0.05) is 24.5 Å². The van der Waals surface area contributed by atoms with E-state index in [1.54, 1.807) is 0 Å². The molecule has 49 heavy (non-hydrogen) atoms. The Morgan fingerprint density at radius 3 is 1.24 bits per heavy atom. The fourth-order valence-corrected chi connectivity index (χ4v) is 9.20. The van der Waals surface area contributed by atoms with E-state index in [9.17, 15) is 77.4 Å². The maximum Gasteiger partial charge on any atom is 0.490 e. The first-order valence-corrected chi connectivity index (χ1v) is 18.9. The number of phosphoric ester groups is 2. The predicted molar refractivity (Wildman–Crippen MR) is 149 cm³/mol. The lowest BCUT2D eigenvalue weighted by Crippen LogP contribution is -2.37. The molecule has 2 aliphatic rings. The first-order chi connectivity index (χ1) is 22.5. The van der Waals surface area contributed by atoms with Crippen molar-refractivity contribution in [3.63, 3.8) is 0 Å². The van der Waals surface area contributed by atoms with E-state index < -0.39 is 116 Å². The van der Waals surface area contributed by atoms with Crippen molar-refractivity contribution >= 4 is 31.3 Å². The van der Waals surface area contributed by atoms with Crippen LogP contribution in [0.3, 0.4) is 0 Å². The molecule has 31 heteroatoms. The molecule has 0 bridgehead atoms. The molecule has 276 valence electrons. The quantitative estimate of drug-likeness (QED) is 0.0811. The molecule has 2 aromatic heterocycles. The lowest BCUT2D eigenvalue weighted by Gasteiger charge is -2.21. The summed E-state index contributed by atoms with van der Waals surface area (Å²) < 4.78 is 80.5. The molecule has 4 heterocycles. The summed E-state index contributed by atoms with van der Waals surface area (Å²) in [5.41, 5.74) is -3.78. The number of aromatic amines is 2. The molecule has 2 fully saturated rings. The third-order valence-electron chi connectivity index (χ3n) is 6.35. The van der Waals surface area contributed by atoms with Crippen molar-refractivity contribution in [3.05, 3.63) is 66.2 Å². The largest absolute Gasteiger partial charge is 0.490 e. The number of aromatic nitrogens is 4. The Kier molecular flexibility index (Phi) is 11.9. The van der Waals surface area contributed by atoms with Crippen LogP contribution in [0.4, 0.5) is 0 Å². The van der Waals surface area contributed by atoms with Crippen LogP contribution >= 0.6 is 31.3 Å². The van der Waals surface area contributed by atoms with E-state index in [-0.39, 0.29) is 0 Å². The number of aliphatic hydroxyl groups excluding tert-OH is 4. The molecule has 8 unspecified atom stereocenters. The average molecular weight is 790 g/mol. The fourth-order valence-electron chi connectivity index (χ4n) is 4.25. The molecule has 0 radical (unpaired) electrons. The lowest BCUT2D eigenvalue weighted by atomic mass is 10.1. The zero-order chi connectivity index (χ0) is 36.7. The van der Waals surface area contributed by atoms with E-state index in [4.69, 9.17) is 9.47 Å². The summed E-state index contributed by atoms with van der Waals surface area (Å²) >= 11 is 0. The molecule has 27 nitrogen and oxygen atoms in total. The molecule has 0 amide bonds. The second-order valence-corrected chi connectivity index (χ2v) is 16.1. The number of H-pyrrole nitrogens is 2. The van der Waals surface area contributed by atoms with Gasteiger partial charge >= 0.3 is 42.7 Å². The smallest absolute Gasteiger partial charge is 0.387 e. The van der Waals surface area contributed by atoms with Gasteiger partial charge in [0.05, 0.1) is 13.2 Å². The standard InChI is InChI=1S/C18H26N4O23P4/c23-9-1-3-21(17(29)19-9)15-13(27)11(25)7(41-15)5-39-46(31,32)43-48(35,36)45-49(37,38)44-47(33,34)40-6-8-12(26)14(28)16(42-8)22-4-2-10(24)20-18(22)30/h1-4,7-8,11-16,25-28H,5-6H2,(H,31,32)(H,33,34)(H,35,36)(H,37,38)(H,19,23,29)(H,20,24,30)/t7?,8?,11-,12?,13-,14-,15+,16?/m1/s1. The highest BCUT2D eigenvalue weighted by Crippen LogP contribution is 2.71. The Balaban J connectivity index is 1.31. The van der Waals surface area contributed by atoms with Gasteiger partial charge in [-0.2, -0.15) is 12.9 Å². The van der Waals surface area contributed by atoms with Gasteiger partial charge in [-0.25, -0.2) is 27.8 Å². The number of hydrogen-bond donors (Lipinski definition) is 10. The Morgan fingerprint density at radius 2 is 0.918 bits per heavy atom. The van der Waals surface area contributed by atoms with Crippen LogP contribution < -0.4 is 22.5 Å². The zero-order valence-electron chi connectivity index (χ0n) is 23.7. The zero-order valence-corrected chi connectivity index (χ0v) is 27.3. The molecular formula is C18H26N4O23P4. The summed E-state index contributed by atoms with van der Waals surface area (Å²) in [5, 5.41) is 40.7. The summed E-state index contributed by atoms with van der Waals surface area (Å²) in [6.07, 6.45) is -12.6. The van der Waals surface area contributed by atoms with Gasteiger partial charge in [-0.3, -0.25) is 37.7 Å². The molecule has 12 atom stereocenters. The van der Waals surface area contributed by atoms with Crippen LogP contribution in [0.5, 0.6) is 0 Å². The predicted octanol–water partition coefficient (Wildman–Crippen LogP) is -4.19. The van der Waals surface area contributed by atoms with Crippen LogP contribution in [0.15, 0.2) is 43.7 Å². The third-order valence-corrected chi connectivity index (χ3v) is 12.3. The summed E-state index contributed by atoms with van der Waals surface area (Å²) in [6.45, 7) is -2.43. The number of rotatable bonds is 14. The summed E-state index contributed by atoms with van der Waals surface area (Å²) in [5.74, 6) is 0. The monoisotopic (exact) mass is 790 g/mol. The molecule has 2 saturated heterocycles. The number of ether oxygens (including phenoxy) is 2. The van der Waals surface area contributed by atoms with Gasteiger partial charge in [0.2, 0.25) is 0 Å². The minimum Gasteiger partial charge on any atom is -0.387 e. The molecule has 4 rings (SSSR count). The second-order valence-electron chi connectivity index (χ2n) is 9.84.